The molecule has 0 N–H and O–H groups in total. The standard InChI is InChI=1S/C16H17N4O2/c1-2-3-11-19-15(12-18-10-4-9-17-16(18)19)13-5-7-14(8-6-13)20(21)22/h4-10,12H,2-3,11H2,1H3/q+1. The normalized spacial score (nSPS) is 11.0. The molecule has 0 saturated heterocycles. The fourth-order valence-corrected chi connectivity index (χ4v) is 2.51. The molecule has 2 aromatic heterocycles. The number of nitro groups is 1. The van der Waals surface area contributed by atoms with Crippen LogP contribution < -0.4 is 4.40 Å². The van der Waals surface area contributed by atoms with Gasteiger partial charge in [0.05, 0.1) is 17.7 Å². The molecule has 0 fully saturated rings. The number of benzene rings is 1. The number of hydrogen-bond acceptors (Lipinski definition) is 3. The molecule has 6 heteroatoms. The number of unbranched alkanes of at least 4 members (excludes halogenated alkanes) is 1. The Morgan fingerprint density at radius 2 is 2.09 bits per heavy atom. The Balaban J connectivity index is 2.10. The van der Waals surface area contributed by atoms with Crippen LogP contribution in [0, 0.1) is 10.1 Å². The van der Waals surface area contributed by atoms with Crippen molar-refractivity contribution < 1.29 is 9.32 Å². The molecule has 0 amide bonds. The number of nitrogens with zero attached hydrogens (tertiary/aromatic N) is 4. The van der Waals surface area contributed by atoms with E-state index in [0.717, 1.165) is 36.4 Å². The van der Waals surface area contributed by atoms with Crippen LogP contribution in [-0.2, 0) is 6.54 Å². The Morgan fingerprint density at radius 3 is 2.77 bits per heavy atom. The molecule has 3 rings (SSSR count). The van der Waals surface area contributed by atoms with E-state index in [2.05, 4.69) is 16.5 Å². The zero-order valence-electron chi connectivity index (χ0n) is 12.3. The van der Waals surface area contributed by atoms with Crippen LogP contribution in [0.3, 0.4) is 0 Å². The van der Waals surface area contributed by atoms with Gasteiger partial charge in [-0.1, -0.05) is 18.3 Å². The van der Waals surface area contributed by atoms with Gasteiger partial charge < -0.3 is 0 Å². The molecule has 0 aliphatic heterocycles. The van der Waals surface area contributed by atoms with Crippen LogP contribution in [-0.4, -0.2) is 14.5 Å². The lowest BCUT2D eigenvalue weighted by Crippen LogP contribution is -2.19. The second-order valence-electron chi connectivity index (χ2n) is 5.15. The number of aromatic nitrogens is 3. The van der Waals surface area contributed by atoms with Crippen molar-refractivity contribution in [2.75, 3.05) is 0 Å². The number of aryl methyl sites for hydroxylation is 1. The molecule has 0 aliphatic rings. The summed E-state index contributed by atoms with van der Waals surface area (Å²) in [4.78, 5) is 14.8. The van der Waals surface area contributed by atoms with Crippen molar-refractivity contribution in [2.45, 2.75) is 26.3 Å². The molecule has 22 heavy (non-hydrogen) atoms. The van der Waals surface area contributed by atoms with Gasteiger partial charge in [-0.25, -0.2) is 8.97 Å². The van der Waals surface area contributed by atoms with Crippen molar-refractivity contribution in [3.8, 4) is 11.3 Å². The van der Waals surface area contributed by atoms with Crippen molar-refractivity contribution in [3.63, 3.8) is 0 Å². The van der Waals surface area contributed by atoms with Gasteiger partial charge in [-0.15, -0.1) is 0 Å². The molecule has 0 bridgehead atoms. The second kappa shape index (κ2) is 5.93. The maximum Gasteiger partial charge on any atom is 0.403 e. The van der Waals surface area contributed by atoms with Crippen LogP contribution in [0.25, 0.3) is 17.0 Å². The SMILES string of the molecule is CCCCn1c(-c2ccc([N+](=O)[O-])cc2)c[n+]2cccnc12. The summed E-state index contributed by atoms with van der Waals surface area (Å²) < 4.78 is 4.14. The summed E-state index contributed by atoms with van der Waals surface area (Å²) in [5.41, 5.74) is 2.07. The summed E-state index contributed by atoms with van der Waals surface area (Å²) in [7, 11) is 0. The third-order valence-electron chi connectivity index (χ3n) is 3.66. The molecule has 2 heterocycles. The minimum Gasteiger partial charge on any atom is -0.258 e. The molecule has 0 radical (unpaired) electrons. The van der Waals surface area contributed by atoms with Crippen LogP contribution in [0.1, 0.15) is 19.8 Å². The van der Waals surface area contributed by atoms with Gasteiger partial charge in [-0.05, 0) is 18.6 Å². The van der Waals surface area contributed by atoms with Crippen LogP contribution in [0.15, 0.2) is 48.9 Å². The molecular weight excluding hydrogens is 280 g/mol. The molecule has 0 spiro atoms. The van der Waals surface area contributed by atoms with Gasteiger partial charge in [-0.3, -0.25) is 10.1 Å². The van der Waals surface area contributed by atoms with Gasteiger partial charge >= 0.3 is 5.78 Å². The van der Waals surface area contributed by atoms with Crippen molar-refractivity contribution in [3.05, 3.63) is 59.0 Å². The van der Waals surface area contributed by atoms with Gasteiger partial charge in [-0.2, -0.15) is 0 Å². The zero-order valence-corrected chi connectivity index (χ0v) is 12.3. The first kappa shape index (κ1) is 14.2. The van der Waals surface area contributed by atoms with Crippen LogP contribution in [0.2, 0.25) is 0 Å². The molecule has 0 unspecified atom stereocenters. The fourth-order valence-electron chi connectivity index (χ4n) is 2.51. The first-order valence-corrected chi connectivity index (χ1v) is 7.31. The molecular formula is C16H17N4O2+. The maximum atomic E-state index is 10.8. The minimum absolute atomic E-state index is 0.103. The monoisotopic (exact) mass is 297 g/mol. The second-order valence-corrected chi connectivity index (χ2v) is 5.15. The molecule has 3 aromatic rings. The van der Waals surface area contributed by atoms with Gasteiger partial charge in [0.2, 0.25) is 0 Å². The number of nitro benzene ring substituents is 1. The highest BCUT2D eigenvalue weighted by atomic mass is 16.6. The highest BCUT2D eigenvalue weighted by molar-refractivity contribution is 5.62. The third-order valence-corrected chi connectivity index (χ3v) is 3.66. The van der Waals surface area contributed by atoms with E-state index in [9.17, 15) is 10.1 Å². The van der Waals surface area contributed by atoms with Gasteiger partial charge in [0, 0.05) is 23.8 Å². The Bertz CT molecular complexity index is 809. The minimum atomic E-state index is -0.382. The lowest BCUT2D eigenvalue weighted by molar-refractivity contribution is -0.513. The van der Waals surface area contributed by atoms with E-state index in [1.807, 2.05) is 22.9 Å². The van der Waals surface area contributed by atoms with Crippen molar-refractivity contribution in [1.29, 1.82) is 0 Å². The Kier molecular flexibility index (Phi) is 3.82. The molecule has 0 aliphatic carbocycles. The molecule has 0 atom stereocenters. The topological polar surface area (TPSA) is 65.1 Å². The maximum absolute atomic E-state index is 10.8. The van der Waals surface area contributed by atoms with Crippen LogP contribution in [0.4, 0.5) is 5.69 Å². The van der Waals surface area contributed by atoms with E-state index in [-0.39, 0.29) is 10.6 Å². The van der Waals surface area contributed by atoms with Gasteiger partial charge in [0.15, 0.2) is 0 Å². The van der Waals surface area contributed by atoms with E-state index in [1.54, 1.807) is 18.3 Å². The van der Waals surface area contributed by atoms with Crippen molar-refractivity contribution in [1.82, 2.24) is 9.55 Å². The van der Waals surface area contributed by atoms with E-state index >= 15 is 0 Å². The summed E-state index contributed by atoms with van der Waals surface area (Å²) in [6.45, 7) is 3.02. The van der Waals surface area contributed by atoms with E-state index < -0.39 is 0 Å². The highest BCUT2D eigenvalue weighted by Crippen LogP contribution is 2.23. The van der Waals surface area contributed by atoms with Crippen molar-refractivity contribution in [2.24, 2.45) is 0 Å². The Hall–Kier alpha value is -2.76. The lowest BCUT2D eigenvalue weighted by atomic mass is 10.1. The summed E-state index contributed by atoms with van der Waals surface area (Å²) in [6.07, 6.45) is 7.90. The average Bonchev–Trinajstić information content (AvgIpc) is 2.91. The van der Waals surface area contributed by atoms with Crippen LogP contribution in [0.5, 0.6) is 0 Å². The summed E-state index contributed by atoms with van der Waals surface area (Å²) >= 11 is 0. The number of hydrogen-bond donors (Lipinski definition) is 0. The lowest BCUT2D eigenvalue weighted by Gasteiger charge is -2.02. The zero-order chi connectivity index (χ0) is 15.5. The largest absolute Gasteiger partial charge is 0.403 e. The molecule has 112 valence electrons. The number of non-ortho nitro benzene ring substituents is 1. The van der Waals surface area contributed by atoms with E-state index in [0.29, 0.717) is 0 Å². The number of fused-ring (bicyclic) bond motifs is 1. The fraction of sp³-hybridized carbons (Fsp3) is 0.250. The summed E-state index contributed by atoms with van der Waals surface area (Å²) in [5.74, 6) is 0.879. The Labute approximate surface area is 127 Å². The number of rotatable bonds is 5. The Morgan fingerprint density at radius 1 is 1.32 bits per heavy atom. The van der Waals surface area contributed by atoms with Gasteiger partial charge in [0.25, 0.3) is 5.69 Å². The predicted octanol–water partition coefficient (Wildman–Crippen LogP) is 3.00. The third kappa shape index (κ3) is 2.55. The van der Waals surface area contributed by atoms with E-state index in [4.69, 9.17) is 0 Å². The predicted molar refractivity (Wildman–Crippen MR) is 82.4 cm³/mol. The summed E-state index contributed by atoms with van der Waals surface area (Å²) in [5, 5.41) is 10.8. The molecule has 1 aromatic carbocycles. The first-order valence-electron chi connectivity index (χ1n) is 7.31. The summed E-state index contributed by atoms with van der Waals surface area (Å²) in [6, 6.07) is 8.53. The molecule has 6 nitrogen and oxygen atoms in total. The van der Waals surface area contributed by atoms with Crippen LogP contribution >= 0.6 is 0 Å². The van der Waals surface area contributed by atoms with Gasteiger partial charge in [0.1, 0.15) is 18.1 Å². The highest BCUT2D eigenvalue weighted by Gasteiger charge is 2.19. The number of imidazole rings is 1. The smallest absolute Gasteiger partial charge is 0.258 e. The first-order chi connectivity index (χ1) is 10.7. The quantitative estimate of drug-likeness (QED) is 0.413. The molecule has 0 saturated carbocycles. The van der Waals surface area contributed by atoms with Crippen molar-refractivity contribution >= 4 is 11.5 Å². The average molecular weight is 297 g/mol. The van der Waals surface area contributed by atoms with E-state index in [1.165, 1.54) is 12.1 Å².